The Labute approximate surface area is 192 Å². The standard InChI is InChI=1S/C17H20Cl3N5O4S/c18-14(19)12(23-4-1-17(2-5-23)28-7-8-29-17)13(25(26)27)15-21-3-6-24(15)10-11-9-22-16(20)30-11/h9,21H,1-8,10H2/b15-13+. The molecule has 1 aromatic heterocycles. The number of nitrogens with one attached hydrogen (secondary N) is 1. The van der Waals surface area contributed by atoms with Crippen LogP contribution in [-0.2, 0) is 16.0 Å². The maximum Gasteiger partial charge on any atom is 0.334 e. The molecule has 0 unspecified atom stereocenters. The van der Waals surface area contributed by atoms with Crippen LogP contribution in [0.25, 0.3) is 0 Å². The summed E-state index contributed by atoms with van der Waals surface area (Å²) in [7, 11) is 0. The number of hydrogen-bond donors (Lipinski definition) is 1. The summed E-state index contributed by atoms with van der Waals surface area (Å²) in [5.74, 6) is -0.224. The van der Waals surface area contributed by atoms with Gasteiger partial charge in [0.2, 0.25) is 0 Å². The van der Waals surface area contributed by atoms with Gasteiger partial charge in [-0.1, -0.05) is 34.8 Å². The van der Waals surface area contributed by atoms with Crippen molar-refractivity contribution in [2.24, 2.45) is 0 Å². The Balaban J connectivity index is 1.62. The highest BCUT2D eigenvalue weighted by Crippen LogP contribution is 2.37. The fourth-order valence-electron chi connectivity index (χ4n) is 3.97. The zero-order chi connectivity index (χ0) is 21.3. The summed E-state index contributed by atoms with van der Waals surface area (Å²) in [5.41, 5.74) is 0.0558. The number of thiazole rings is 1. The maximum absolute atomic E-state index is 12.1. The van der Waals surface area contributed by atoms with Gasteiger partial charge in [0.15, 0.2) is 21.8 Å². The lowest BCUT2D eigenvalue weighted by Crippen LogP contribution is -2.45. The molecular formula is C17H20Cl3N5O4S. The molecule has 3 fully saturated rings. The van der Waals surface area contributed by atoms with Crippen molar-refractivity contribution in [1.29, 1.82) is 0 Å². The van der Waals surface area contributed by atoms with E-state index >= 15 is 0 Å². The van der Waals surface area contributed by atoms with E-state index in [4.69, 9.17) is 44.3 Å². The second-order valence-corrected chi connectivity index (χ2v) is 9.73. The van der Waals surface area contributed by atoms with Crippen LogP contribution in [0.2, 0.25) is 4.47 Å². The Morgan fingerprint density at radius 2 is 2.00 bits per heavy atom. The molecular weight excluding hydrogens is 477 g/mol. The van der Waals surface area contributed by atoms with Crippen molar-refractivity contribution in [3.63, 3.8) is 0 Å². The minimum Gasteiger partial charge on any atom is -0.364 e. The molecule has 0 atom stereocenters. The lowest BCUT2D eigenvalue weighted by Gasteiger charge is -2.39. The highest BCUT2D eigenvalue weighted by molar-refractivity contribution is 7.15. The number of nitrogens with zero attached hydrogens (tertiary/aromatic N) is 4. The van der Waals surface area contributed by atoms with Crippen LogP contribution >= 0.6 is 46.1 Å². The first kappa shape index (κ1) is 21.9. The SMILES string of the molecule is O=[N+]([O-])/C(C(=C(Cl)Cl)N1CCC2(CC1)OCCO2)=C1\NCCN1Cc1cnc(Cl)s1. The third kappa shape index (κ3) is 4.49. The third-order valence-corrected chi connectivity index (χ3v) is 6.79. The number of nitro groups is 1. The largest absolute Gasteiger partial charge is 0.364 e. The zero-order valence-corrected chi connectivity index (χ0v) is 19.0. The minimum absolute atomic E-state index is 0.145. The lowest BCUT2D eigenvalue weighted by atomic mass is 10.0. The van der Waals surface area contributed by atoms with E-state index < -0.39 is 10.7 Å². The molecule has 4 rings (SSSR count). The smallest absolute Gasteiger partial charge is 0.334 e. The second-order valence-electron chi connectivity index (χ2n) is 7.09. The number of ether oxygens (including phenoxy) is 2. The van der Waals surface area contributed by atoms with Gasteiger partial charge in [0.05, 0.1) is 24.7 Å². The zero-order valence-electron chi connectivity index (χ0n) is 15.9. The van der Waals surface area contributed by atoms with E-state index in [1.807, 2.05) is 9.80 Å². The van der Waals surface area contributed by atoms with Crippen LogP contribution in [0.15, 0.2) is 27.9 Å². The Kier molecular flexibility index (Phi) is 6.61. The van der Waals surface area contributed by atoms with Crippen molar-refractivity contribution >= 4 is 46.1 Å². The summed E-state index contributed by atoms with van der Waals surface area (Å²) in [5, 5.41) is 15.3. The van der Waals surface area contributed by atoms with Gasteiger partial charge in [-0.15, -0.1) is 11.3 Å². The highest BCUT2D eigenvalue weighted by Gasteiger charge is 2.43. The van der Waals surface area contributed by atoms with E-state index in [0.717, 1.165) is 4.88 Å². The summed E-state index contributed by atoms with van der Waals surface area (Å²) < 4.78 is 11.8. The summed E-state index contributed by atoms with van der Waals surface area (Å²) >= 11 is 19.6. The van der Waals surface area contributed by atoms with Crippen molar-refractivity contribution in [1.82, 2.24) is 20.1 Å². The maximum atomic E-state index is 12.1. The molecule has 3 aliphatic heterocycles. The van der Waals surface area contributed by atoms with Gasteiger partial charge in [-0.2, -0.15) is 0 Å². The molecule has 1 aromatic rings. The van der Waals surface area contributed by atoms with Gasteiger partial charge in [-0.3, -0.25) is 10.1 Å². The molecule has 9 nitrogen and oxygen atoms in total. The van der Waals surface area contributed by atoms with Crippen LogP contribution in [0.3, 0.4) is 0 Å². The molecule has 0 aromatic carbocycles. The Hall–Kier alpha value is -1.30. The summed E-state index contributed by atoms with van der Waals surface area (Å²) in [6.07, 6.45) is 2.83. The monoisotopic (exact) mass is 495 g/mol. The number of likely N-dealkylation sites (tertiary alicyclic amines) is 1. The number of rotatable bonds is 5. The molecule has 4 heterocycles. The molecule has 13 heteroatoms. The molecule has 1 spiro atoms. The van der Waals surface area contributed by atoms with Crippen LogP contribution < -0.4 is 5.32 Å². The van der Waals surface area contributed by atoms with Crippen molar-refractivity contribution in [3.05, 3.63) is 47.4 Å². The minimum atomic E-state index is -0.606. The molecule has 0 amide bonds. The molecule has 164 valence electrons. The summed E-state index contributed by atoms with van der Waals surface area (Å²) in [4.78, 5) is 20.4. The van der Waals surface area contributed by atoms with E-state index in [9.17, 15) is 10.1 Å². The van der Waals surface area contributed by atoms with Gasteiger partial charge >= 0.3 is 5.70 Å². The van der Waals surface area contributed by atoms with E-state index in [2.05, 4.69) is 10.3 Å². The average Bonchev–Trinajstić information content (AvgIpc) is 3.43. The molecule has 0 radical (unpaired) electrons. The first-order valence-corrected chi connectivity index (χ1v) is 11.4. The normalized spacial score (nSPS) is 22.4. The first-order valence-electron chi connectivity index (χ1n) is 9.45. The van der Waals surface area contributed by atoms with Crippen LogP contribution in [0.1, 0.15) is 17.7 Å². The van der Waals surface area contributed by atoms with Crippen LogP contribution in [0, 0.1) is 10.1 Å². The van der Waals surface area contributed by atoms with E-state index in [1.54, 1.807) is 6.20 Å². The van der Waals surface area contributed by atoms with Gasteiger partial charge in [-0.25, -0.2) is 4.98 Å². The van der Waals surface area contributed by atoms with Gasteiger partial charge in [0.25, 0.3) is 0 Å². The molecule has 30 heavy (non-hydrogen) atoms. The van der Waals surface area contributed by atoms with Crippen LogP contribution in [-0.4, -0.2) is 64.9 Å². The molecule has 1 N–H and O–H groups in total. The number of hydrogen-bond acceptors (Lipinski definition) is 9. The van der Waals surface area contributed by atoms with E-state index in [-0.39, 0.29) is 15.9 Å². The summed E-state index contributed by atoms with van der Waals surface area (Å²) in [6.45, 7) is 3.69. The van der Waals surface area contributed by atoms with Crippen molar-refractivity contribution in [2.45, 2.75) is 25.2 Å². The quantitative estimate of drug-likeness (QED) is 0.491. The predicted octanol–water partition coefficient (Wildman–Crippen LogP) is 3.13. The van der Waals surface area contributed by atoms with E-state index in [0.29, 0.717) is 69.1 Å². The molecule has 3 aliphatic rings. The molecule has 0 aliphatic carbocycles. The topological polar surface area (TPSA) is 93.0 Å². The Morgan fingerprint density at radius 1 is 1.30 bits per heavy atom. The fraction of sp³-hybridized carbons (Fsp3) is 0.588. The predicted molar refractivity (Wildman–Crippen MR) is 114 cm³/mol. The van der Waals surface area contributed by atoms with Crippen LogP contribution in [0.5, 0.6) is 0 Å². The third-order valence-electron chi connectivity index (χ3n) is 5.33. The van der Waals surface area contributed by atoms with Crippen molar-refractivity contribution < 1.29 is 14.4 Å². The first-order chi connectivity index (χ1) is 14.4. The fourth-order valence-corrected chi connectivity index (χ4v) is 5.38. The number of aromatic nitrogens is 1. The van der Waals surface area contributed by atoms with Gasteiger partial charge in [0, 0.05) is 50.1 Å². The van der Waals surface area contributed by atoms with Gasteiger partial charge in [0.1, 0.15) is 4.49 Å². The van der Waals surface area contributed by atoms with Crippen molar-refractivity contribution in [2.75, 3.05) is 39.4 Å². The highest BCUT2D eigenvalue weighted by atomic mass is 35.5. The van der Waals surface area contributed by atoms with Gasteiger partial charge in [-0.05, 0) is 0 Å². The van der Waals surface area contributed by atoms with Crippen LogP contribution in [0.4, 0.5) is 0 Å². The van der Waals surface area contributed by atoms with Crippen molar-refractivity contribution in [3.8, 4) is 0 Å². The Morgan fingerprint density at radius 3 is 2.57 bits per heavy atom. The average molecular weight is 497 g/mol. The molecule has 0 saturated carbocycles. The number of piperidine rings is 1. The van der Waals surface area contributed by atoms with E-state index in [1.165, 1.54) is 11.3 Å². The molecule has 0 bridgehead atoms. The molecule has 3 saturated heterocycles. The Bertz CT molecular complexity index is 872. The second kappa shape index (κ2) is 9.05. The van der Waals surface area contributed by atoms with Gasteiger partial charge < -0.3 is 24.6 Å². The summed E-state index contributed by atoms with van der Waals surface area (Å²) in [6, 6.07) is 0. The number of halogens is 3. The lowest BCUT2D eigenvalue weighted by molar-refractivity contribution is -0.425.